The van der Waals surface area contributed by atoms with Crippen LogP contribution in [0.3, 0.4) is 0 Å². The summed E-state index contributed by atoms with van der Waals surface area (Å²) in [6, 6.07) is 8.77. The van der Waals surface area contributed by atoms with Crippen molar-refractivity contribution in [2.45, 2.75) is 39.2 Å². The van der Waals surface area contributed by atoms with Gasteiger partial charge < -0.3 is 10.6 Å². The molecule has 1 heterocycles. The summed E-state index contributed by atoms with van der Waals surface area (Å²) < 4.78 is 0. The van der Waals surface area contributed by atoms with E-state index in [9.17, 15) is 0 Å². The molecule has 0 fully saturated rings. The number of para-hydroxylation sites is 1. The fourth-order valence-corrected chi connectivity index (χ4v) is 2.75. The van der Waals surface area contributed by atoms with E-state index in [0.717, 1.165) is 13.0 Å². The lowest BCUT2D eigenvalue weighted by molar-refractivity contribution is 0.374. The van der Waals surface area contributed by atoms with Crippen molar-refractivity contribution >= 4 is 5.69 Å². The van der Waals surface area contributed by atoms with E-state index >= 15 is 0 Å². The van der Waals surface area contributed by atoms with Crippen LogP contribution < -0.4 is 10.6 Å². The molecular formula is C15H24N2. The van der Waals surface area contributed by atoms with E-state index in [4.69, 9.17) is 5.73 Å². The Morgan fingerprint density at radius 2 is 2.12 bits per heavy atom. The topological polar surface area (TPSA) is 29.3 Å². The second-order valence-electron chi connectivity index (χ2n) is 5.60. The van der Waals surface area contributed by atoms with Crippen LogP contribution in [0.5, 0.6) is 0 Å². The molecule has 94 valence electrons. The van der Waals surface area contributed by atoms with Gasteiger partial charge in [0.1, 0.15) is 0 Å². The molecule has 2 heteroatoms. The molecule has 0 aromatic heterocycles. The summed E-state index contributed by atoms with van der Waals surface area (Å²) >= 11 is 0. The molecule has 2 rings (SSSR count). The Morgan fingerprint density at radius 1 is 1.41 bits per heavy atom. The van der Waals surface area contributed by atoms with Crippen molar-refractivity contribution in [1.29, 1.82) is 0 Å². The zero-order valence-corrected chi connectivity index (χ0v) is 11.2. The van der Waals surface area contributed by atoms with Gasteiger partial charge in [0.25, 0.3) is 0 Å². The number of nitrogens with two attached hydrogens (primary N) is 1. The van der Waals surface area contributed by atoms with Crippen LogP contribution in [0.1, 0.15) is 32.8 Å². The lowest BCUT2D eigenvalue weighted by Gasteiger charge is -2.46. The quantitative estimate of drug-likeness (QED) is 0.868. The van der Waals surface area contributed by atoms with Crippen LogP contribution in [0.25, 0.3) is 0 Å². The van der Waals surface area contributed by atoms with Crippen molar-refractivity contribution in [3.63, 3.8) is 0 Å². The third-order valence-corrected chi connectivity index (χ3v) is 4.20. The highest BCUT2D eigenvalue weighted by molar-refractivity contribution is 5.57. The van der Waals surface area contributed by atoms with E-state index in [1.165, 1.54) is 17.7 Å². The maximum atomic E-state index is 6.01. The van der Waals surface area contributed by atoms with Gasteiger partial charge in [0.15, 0.2) is 0 Å². The summed E-state index contributed by atoms with van der Waals surface area (Å²) in [5.74, 6) is 0.710. The second-order valence-corrected chi connectivity index (χ2v) is 5.60. The summed E-state index contributed by atoms with van der Waals surface area (Å²) in [4.78, 5) is 2.52. The number of hydrogen-bond acceptors (Lipinski definition) is 2. The maximum absolute atomic E-state index is 6.01. The monoisotopic (exact) mass is 232 g/mol. The highest BCUT2D eigenvalue weighted by Crippen LogP contribution is 2.35. The first-order valence-corrected chi connectivity index (χ1v) is 6.66. The van der Waals surface area contributed by atoms with Crippen LogP contribution in [0.15, 0.2) is 24.3 Å². The van der Waals surface area contributed by atoms with Gasteiger partial charge in [-0.3, -0.25) is 0 Å². The SMILES string of the molecule is CCC(C)(CN)N1CC(C)Cc2ccccc21. The van der Waals surface area contributed by atoms with Crippen molar-refractivity contribution in [3.8, 4) is 0 Å². The Bertz CT molecular complexity index is 382. The molecule has 1 aliphatic rings. The molecule has 0 aliphatic carbocycles. The summed E-state index contributed by atoms with van der Waals surface area (Å²) in [5.41, 5.74) is 8.96. The maximum Gasteiger partial charge on any atom is 0.0493 e. The number of benzene rings is 1. The molecule has 1 aromatic carbocycles. The Morgan fingerprint density at radius 3 is 2.76 bits per heavy atom. The minimum absolute atomic E-state index is 0.0881. The van der Waals surface area contributed by atoms with Gasteiger partial charge in [-0.05, 0) is 37.3 Å². The molecule has 1 aromatic rings. The van der Waals surface area contributed by atoms with Crippen LogP contribution in [0.2, 0.25) is 0 Å². The molecular weight excluding hydrogens is 208 g/mol. The summed E-state index contributed by atoms with van der Waals surface area (Å²) in [6.45, 7) is 8.68. The van der Waals surface area contributed by atoms with Gasteiger partial charge in [-0.1, -0.05) is 32.0 Å². The van der Waals surface area contributed by atoms with E-state index in [1.54, 1.807) is 0 Å². The first-order chi connectivity index (χ1) is 8.10. The molecule has 0 saturated heterocycles. The Kier molecular flexibility index (Phi) is 3.43. The molecule has 2 unspecified atom stereocenters. The van der Waals surface area contributed by atoms with Gasteiger partial charge in [-0.15, -0.1) is 0 Å². The van der Waals surface area contributed by atoms with E-state index < -0.39 is 0 Å². The number of nitrogens with zero attached hydrogens (tertiary/aromatic N) is 1. The van der Waals surface area contributed by atoms with E-state index in [2.05, 4.69) is 49.9 Å². The Balaban J connectivity index is 2.42. The predicted octanol–water partition coefficient (Wildman–Crippen LogP) is 2.81. The zero-order valence-electron chi connectivity index (χ0n) is 11.2. The van der Waals surface area contributed by atoms with Crippen LogP contribution in [0, 0.1) is 5.92 Å². The van der Waals surface area contributed by atoms with Gasteiger partial charge >= 0.3 is 0 Å². The van der Waals surface area contributed by atoms with Crippen molar-refractivity contribution in [1.82, 2.24) is 0 Å². The Hall–Kier alpha value is -1.02. The lowest BCUT2D eigenvalue weighted by Crippen LogP contribution is -2.54. The van der Waals surface area contributed by atoms with Crippen molar-refractivity contribution in [2.75, 3.05) is 18.0 Å². The van der Waals surface area contributed by atoms with Gasteiger partial charge in [-0.25, -0.2) is 0 Å². The fraction of sp³-hybridized carbons (Fsp3) is 0.600. The molecule has 0 spiro atoms. The molecule has 0 bridgehead atoms. The van der Waals surface area contributed by atoms with E-state index in [-0.39, 0.29) is 5.54 Å². The summed E-state index contributed by atoms with van der Waals surface area (Å²) in [5, 5.41) is 0. The largest absolute Gasteiger partial charge is 0.364 e. The highest BCUT2D eigenvalue weighted by atomic mass is 15.2. The molecule has 1 aliphatic heterocycles. The molecule has 2 N–H and O–H groups in total. The van der Waals surface area contributed by atoms with Gasteiger partial charge in [-0.2, -0.15) is 0 Å². The van der Waals surface area contributed by atoms with E-state index in [0.29, 0.717) is 12.5 Å². The van der Waals surface area contributed by atoms with Gasteiger partial charge in [0.05, 0.1) is 0 Å². The second kappa shape index (κ2) is 4.69. The molecule has 0 saturated carbocycles. The van der Waals surface area contributed by atoms with E-state index in [1.807, 2.05) is 0 Å². The number of fused-ring (bicyclic) bond motifs is 1. The van der Waals surface area contributed by atoms with Gasteiger partial charge in [0, 0.05) is 24.3 Å². The van der Waals surface area contributed by atoms with Crippen molar-refractivity contribution in [2.24, 2.45) is 11.7 Å². The minimum atomic E-state index is 0.0881. The first-order valence-electron chi connectivity index (χ1n) is 6.66. The van der Waals surface area contributed by atoms with Crippen LogP contribution in [0.4, 0.5) is 5.69 Å². The van der Waals surface area contributed by atoms with Crippen LogP contribution in [-0.4, -0.2) is 18.6 Å². The third-order valence-electron chi connectivity index (χ3n) is 4.20. The van der Waals surface area contributed by atoms with Crippen LogP contribution in [-0.2, 0) is 6.42 Å². The summed E-state index contributed by atoms with van der Waals surface area (Å²) in [6.07, 6.45) is 2.28. The number of hydrogen-bond donors (Lipinski definition) is 1. The molecule has 0 amide bonds. The summed E-state index contributed by atoms with van der Waals surface area (Å²) in [7, 11) is 0. The molecule has 2 nitrogen and oxygen atoms in total. The molecule has 2 atom stereocenters. The molecule has 17 heavy (non-hydrogen) atoms. The zero-order chi connectivity index (χ0) is 12.5. The predicted molar refractivity (Wildman–Crippen MR) is 74.4 cm³/mol. The fourth-order valence-electron chi connectivity index (χ4n) is 2.75. The average molecular weight is 232 g/mol. The highest BCUT2D eigenvalue weighted by Gasteiger charge is 2.33. The third kappa shape index (κ3) is 2.19. The number of rotatable bonds is 3. The van der Waals surface area contributed by atoms with Crippen molar-refractivity contribution in [3.05, 3.63) is 29.8 Å². The smallest absolute Gasteiger partial charge is 0.0493 e. The Labute approximate surface area is 105 Å². The first kappa shape index (κ1) is 12.4. The minimum Gasteiger partial charge on any atom is -0.364 e. The average Bonchev–Trinajstić information content (AvgIpc) is 2.36. The van der Waals surface area contributed by atoms with Crippen molar-refractivity contribution < 1.29 is 0 Å². The normalized spacial score (nSPS) is 23.1. The van der Waals surface area contributed by atoms with Gasteiger partial charge in [0.2, 0.25) is 0 Å². The van der Waals surface area contributed by atoms with Crippen LogP contribution >= 0.6 is 0 Å². The molecule has 0 radical (unpaired) electrons. The number of anilines is 1. The lowest BCUT2D eigenvalue weighted by atomic mass is 9.87. The standard InChI is InChI=1S/C15H24N2/c1-4-15(3,11-16)17-10-12(2)9-13-7-5-6-8-14(13)17/h5-8,12H,4,9-11,16H2,1-3H3.